The summed E-state index contributed by atoms with van der Waals surface area (Å²) in [6.45, 7) is 2.74. The number of anilines is 1. The lowest BCUT2D eigenvalue weighted by atomic mass is 10.0. The van der Waals surface area contributed by atoms with Gasteiger partial charge in [-0.3, -0.25) is 0 Å². The Morgan fingerprint density at radius 3 is 2.68 bits per heavy atom. The summed E-state index contributed by atoms with van der Waals surface area (Å²) in [6, 6.07) is 7.21. The van der Waals surface area contributed by atoms with Gasteiger partial charge >= 0.3 is 5.97 Å². The van der Waals surface area contributed by atoms with Crippen LogP contribution in [0.4, 0.5) is 5.13 Å². The smallest absolute Gasteiger partial charge is 0.347 e. The van der Waals surface area contributed by atoms with E-state index in [1.165, 1.54) is 11.3 Å². The minimum Gasteiger partial charge on any atom is -0.477 e. The molecule has 1 fully saturated rings. The molecule has 6 nitrogen and oxygen atoms in total. The Labute approximate surface area is 155 Å². The molecular weight excluding hydrogens is 362 g/mol. The fourth-order valence-corrected chi connectivity index (χ4v) is 3.86. The predicted octanol–water partition coefficient (Wildman–Crippen LogP) is 2.96. The van der Waals surface area contributed by atoms with Crippen molar-refractivity contribution in [3.8, 4) is 0 Å². The van der Waals surface area contributed by atoms with Gasteiger partial charge in [-0.05, 0) is 30.5 Å². The second kappa shape index (κ2) is 8.14. The third-order valence-electron chi connectivity index (χ3n) is 4.15. The van der Waals surface area contributed by atoms with Crippen molar-refractivity contribution in [1.29, 1.82) is 0 Å². The number of aromatic carboxylic acids is 1. The number of aromatic nitrogens is 1. The maximum Gasteiger partial charge on any atom is 0.347 e. The van der Waals surface area contributed by atoms with Gasteiger partial charge in [-0.1, -0.05) is 35.1 Å². The zero-order chi connectivity index (χ0) is 17.8. The van der Waals surface area contributed by atoms with Gasteiger partial charge < -0.3 is 20.5 Å². The van der Waals surface area contributed by atoms with E-state index in [9.17, 15) is 9.90 Å². The third kappa shape index (κ3) is 4.49. The molecule has 3 rings (SSSR count). The molecule has 1 unspecified atom stereocenters. The molecule has 0 spiro atoms. The molecule has 1 aliphatic heterocycles. The van der Waals surface area contributed by atoms with Crippen molar-refractivity contribution in [2.75, 3.05) is 31.2 Å². The van der Waals surface area contributed by atoms with E-state index in [1.807, 2.05) is 12.1 Å². The molecule has 0 aliphatic carbocycles. The normalized spacial score (nSPS) is 16.0. The van der Waals surface area contributed by atoms with Crippen LogP contribution in [0.1, 0.15) is 33.4 Å². The summed E-state index contributed by atoms with van der Waals surface area (Å²) in [7, 11) is 0. The minimum atomic E-state index is -0.938. The van der Waals surface area contributed by atoms with Crippen molar-refractivity contribution in [3.63, 3.8) is 0 Å². The number of ether oxygens (including phenoxy) is 1. The van der Waals surface area contributed by atoms with Crippen molar-refractivity contribution in [1.82, 2.24) is 4.98 Å². The summed E-state index contributed by atoms with van der Waals surface area (Å²) in [5.74, 6) is -0.938. The number of nitrogens with zero attached hydrogens (tertiary/aromatic N) is 2. The molecule has 1 aliphatic rings. The summed E-state index contributed by atoms with van der Waals surface area (Å²) in [4.78, 5) is 18.5. The first-order chi connectivity index (χ1) is 12.0. The van der Waals surface area contributed by atoms with Gasteiger partial charge in [0.05, 0.1) is 18.9 Å². The van der Waals surface area contributed by atoms with Gasteiger partial charge in [-0.15, -0.1) is 0 Å². The van der Waals surface area contributed by atoms with E-state index >= 15 is 0 Å². The highest BCUT2D eigenvalue weighted by Crippen LogP contribution is 2.29. The van der Waals surface area contributed by atoms with Gasteiger partial charge in [0.15, 0.2) is 5.13 Å². The molecule has 1 aromatic heterocycles. The number of nitrogens with two attached hydrogens (primary N) is 1. The first-order valence-corrected chi connectivity index (χ1v) is 9.31. The van der Waals surface area contributed by atoms with Crippen LogP contribution in [0.3, 0.4) is 0 Å². The summed E-state index contributed by atoms with van der Waals surface area (Å²) in [5.41, 5.74) is 7.80. The number of carboxylic acid groups (broad SMARTS) is 1. The van der Waals surface area contributed by atoms with Crippen LogP contribution in [-0.4, -0.2) is 42.4 Å². The second-order valence-electron chi connectivity index (χ2n) is 5.87. The van der Waals surface area contributed by atoms with Crippen LogP contribution in [0.2, 0.25) is 5.02 Å². The second-order valence-corrected chi connectivity index (χ2v) is 7.29. The lowest BCUT2D eigenvalue weighted by Gasteiger charge is -2.26. The Bertz CT molecular complexity index is 729. The molecule has 1 atom stereocenters. The molecule has 1 saturated heterocycles. The zero-order valence-electron chi connectivity index (χ0n) is 13.7. The molecule has 0 bridgehead atoms. The number of aryl methyl sites for hydroxylation is 1. The van der Waals surface area contributed by atoms with Crippen LogP contribution in [0.15, 0.2) is 24.3 Å². The lowest BCUT2D eigenvalue weighted by molar-refractivity contribution is 0.0700. The van der Waals surface area contributed by atoms with Gasteiger partial charge in [0.1, 0.15) is 4.88 Å². The quantitative estimate of drug-likeness (QED) is 0.799. The Hall–Kier alpha value is -1.67. The van der Waals surface area contributed by atoms with Gasteiger partial charge in [-0.25, -0.2) is 9.78 Å². The van der Waals surface area contributed by atoms with E-state index in [4.69, 9.17) is 22.1 Å². The average Bonchev–Trinajstić information content (AvgIpc) is 3.05. The molecule has 134 valence electrons. The van der Waals surface area contributed by atoms with Crippen molar-refractivity contribution in [3.05, 3.63) is 45.4 Å². The fourth-order valence-electron chi connectivity index (χ4n) is 2.73. The highest BCUT2D eigenvalue weighted by Gasteiger charge is 2.22. The Morgan fingerprint density at radius 2 is 2.04 bits per heavy atom. The van der Waals surface area contributed by atoms with E-state index in [0.29, 0.717) is 41.6 Å². The largest absolute Gasteiger partial charge is 0.477 e. The average molecular weight is 382 g/mol. The minimum absolute atomic E-state index is 0.188. The molecule has 2 heterocycles. The van der Waals surface area contributed by atoms with Crippen LogP contribution < -0.4 is 10.6 Å². The summed E-state index contributed by atoms with van der Waals surface area (Å²) in [5, 5.41) is 10.9. The summed E-state index contributed by atoms with van der Waals surface area (Å²) >= 11 is 7.12. The SMILES string of the molecule is NC(CCc1nc(N2CCOCC2)sc1C(=O)O)c1ccc(Cl)cc1. The number of rotatable bonds is 6. The van der Waals surface area contributed by atoms with Gasteiger partial charge in [0.2, 0.25) is 0 Å². The van der Waals surface area contributed by atoms with Gasteiger partial charge in [-0.2, -0.15) is 0 Å². The van der Waals surface area contributed by atoms with Crippen LogP contribution >= 0.6 is 22.9 Å². The Kier molecular flexibility index (Phi) is 5.90. The van der Waals surface area contributed by atoms with Crippen LogP contribution in [0.5, 0.6) is 0 Å². The number of hydrogen-bond donors (Lipinski definition) is 2. The topological polar surface area (TPSA) is 88.7 Å². The maximum atomic E-state index is 11.6. The van der Waals surface area contributed by atoms with Crippen LogP contribution in [0.25, 0.3) is 0 Å². The molecule has 25 heavy (non-hydrogen) atoms. The van der Waals surface area contributed by atoms with E-state index < -0.39 is 5.97 Å². The highest BCUT2D eigenvalue weighted by molar-refractivity contribution is 7.17. The van der Waals surface area contributed by atoms with Crippen molar-refractivity contribution in [2.24, 2.45) is 5.73 Å². The van der Waals surface area contributed by atoms with E-state index in [2.05, 4.69) is 9.88 Å². The molecule has 3 N–H and O–H groups in total. The summed E-state index contributed by atoms with van der Waals surface area (Å²) < 4.78 is 5.33. The van der Waals surface area contributed by atoms with E-state index in [0.717, 1.165) is 23.8 Å². The van der Waals surface area contributed by atoms with Crippen LogP contribution in [-0.2, 0) is 11.2 Å². The molecule has 8 heteroatoms. The number of benzene rings is 1. The number of carbonyl (C=O) groups is 1. The molecule has 0 amide bonds. The monoisotopic (exact) mass is 381 g/mol. The van der Waals surface area contributed by atoms with Crippen LogP contribution in [0, 0.1) is 0 Å². The number of carboxylic acids is 1. The zero-order valence-corrected chi connectivity index (χ0v) is 15.2. The van der Waals surface area contributed by atoms with E-state index in [-0.39, 0.29) is 6.04 Å². The number of thiazole rings is 1. The lowest BCUT2D eigenvalue weighted by Crippen LogP contribution is -2.36. The first kappa shape index (κ1) is 18.1. The number of morpholine rings is 1. The van der Waals surface area contributed by atoms with Crippen molar-refractivity contribution >= 4 is 34.0 Å². The molecular formula is C17H20ClN3O3S. The standard InChI is InChI=1S/C17H20ClN3O3S/c18-12-3-1-11(2-4-12)13(19)5-6-14-15(16(22)23)25-17(20-14)21-7-9-24-10-8-21/h1-4,13H,5-10,19H2,(H,22,23). The molecule has 2 aromatic rings. The maximum absolute atomic E-state index is 11.6. The predicted molar refractivity (Wildman–Crippen MR) is 98.8 cm³/mol. The van der Waals surface area contributed by atoms with Crippen molar-refractivity contribution < 1.29 is 14.6 Å². The van der Waals surface area contributed by atoms with Crippen molar-refractivity contribution in [2.45, 2.75) is 18.9 Å². The molecule has 1 aromatic carbocycles. The number of hydrogen-bond acceptors (Lipinski definition) is 6. The number of halogens is 1. The highest BCUT2D eigenvalue weighted by atomic mass is 35.5. The van der Waals surface area contributed by atoms with Gasteiger partial charge in [0.25, 0.3) is 0 Å². The fraction of sp³-hybridized carbons (Fsp3) is 0.412. The van der Waals surface area contributed by atoms with Gasteiger partial charge in [0, 0.05) is 24.2 Å². The van der Waals surface area contributed by atoms with E-state index in [1.54, 1.807) is 12.1 Å². The molecule has 0 saturated carbocycles. The molecule has 0 radical (unpaired) electrons. The third-order valence-corrected chi connectivity index (χ3v) is 5.55. The first-order valence-electron chi connectivity index (χ1n) is 8.11. The Balaban J connectivity index is 1.71. The summed E-state index contributed by atoms with van der Waals surface area (Å²) in [6.07, 6.45) is 1.14. The Morgan fingerprint density at radius 1 is 1.36 bits per heavy atom.